The summed E-state index contributed by atoms with van der Waals surface area (Å²) in [5.74, 6) is 1.68. The van der Waals surface area contributed by atoms with Crippen molar-refractivity contribution in [2.75, 3.05) is 14.2 Å². The Morgan fingerprint density at radius 2 is 1.90 bits per heavy atom. The Kier molecular flexibility index (Phi) is 4.27. The lowest BCUT2D eigenvalue weighted by molar-refractivity contribution is 0.0746. The Morgan fingerprint density at radius 3 is 2.65 bits per heavy atom. The van der Waals surface area contributed by atoms with Crippen LogP contribution in [0, 0.1) is 0 Å². The monoisotopic (exact) mass is 275 g/mol. The molecular formula is C17H25NO2. The number of ether oxygens (including phenoxy) is 2. The minimum atomic E-state index is 0.417. The molecule has 1 N–H and O–H groups in total. The van der Waals surface area contributed by atoms with Crippen molar-refractivity contribution in [1.29, 1.82) is 0 Å². The molecule has 2 aliphatic carbocycles. The van der Waals surface area contributed by atoms with Crippen LogP contribution in [0.15, 0.2) is 24.3 Å². The van der Waals surface area contributed by atoms with E-state index in [2.05, 4.69) is 23.5 Å². The summed E-state index contributed by atoms with van der Waals surface area (Å²) in [6.07, 6.45) is 6.60. The van der Waals surface area contributed by atoms with Gasteiger partial charge in [0.2, 0.25) is 0 Å². The largest absolute Gasteiger partial charge is 0.496 e. The summed E-state index contributed by atoms with van der Waals surface area (Å²) in [6.45, 7) is 0. The molecule has 20 heavy (non-hydrogen) atoms. The molecule has 2 saturated carbocycles. The van der Waals surface area contributed by atoms with Crippen LogP contribution in [0.3, 0.4) is 0 Å². The number of benzene rings is 1. The van der Waals surface area contributed by atoms with Crippen molar-refractivity contribution < 1.29 is 9.47 Å². The molecule has 2 unspecified atom stereocenters. The SMILES string of the molecule is COc1ccccc1C1CC(NC2CCCC2OC)C1. The van der Waals surface area contributed by atoms with Crippen LogP contribution < -0.4 is 10.1 Å². The number of para-hydroxylation sites is 1. The van der Waals surface area contributed by atoms with Crippen LogP contribution in [0.2, 0.25) is 0 Å². The topological polar surface area (TPSA) is 30.5 Å². The zero-order chi connectivity index (χ0) is 13.9. The molecule has 0 amide bonds. The van der Waals surface area contributed by atoms with Crippen molar-refractivity contribution in [1.82, 2.24) is 5.32 Å². The zero-order valence-electron chi connectivity index (χ0n) is 12.5. The van der Waals surface area contributed by atoms with Gasteiger partial charge in [-0.05, 0) is 49.7 Å². The summed E-state index contributed by atoms with van der Waals surface area (Å²) in [7, 11) is 3.60. The van der Waals surface area contributed by atoms with E-state index in [1.807, 2.05) is 13.2 Å². The van der Waals surface area contributed by atoms with Gasteiger partial charge in [0.05, 0.1) is 13.2 Å². The highest BCUT2D eigenvalue weighted by Gasteiger charge is 2.36. The molecule has 0 saturated heterocycles. The maximum absolute atomic E-state index is 5.56. The van der Waals surface area contributed by atoms with Gasteiger partial charge in [-0.1, -0.05) is 18.2 Å². The Morgan fingerprint density at radius 1 is 1.10 bits per heavy atom. The summed E-state index contributed by atoms with van der Waals surface area (Å²) in [4.78, 5) is 0. The van der Waals surface area contributed by atoms with Gasteiger partial charge in [0, 0.05) is 19.2 Å². The second kappa shape index (κ2) is 6.15. The van der Waals surface area contributed by atoms with E-state index < -0.39 is 0 Å². The summed E-state index contributed by atoms with van der Waals surface area (Å²) in [5.41, 5.74) is 1.36. The van der Waals surface area contributed by atoms with Crippen molar-refractivity contribution in [2.45, 2.75) is 56.2 Å². The van der Waals surface area contributed by atoms with E-state index in [0.29, 0.717) is 24.1 Å². The minimum absolute atomic E-state index is 0.417. The Hall–Kier alpha value is -1.06. The van der Waals surface area contributed by atoms with Crippen molar-refractivity contribution in [2.24, 2.45) is 0 Å². The fourth-order valence-corrected chi connectivity index (χ4v) is 3.71. The molecule has 0 bridgehead atoms. The van der Waals surface area contributed by atoms with Crippen LogP contribution in [0.4, 0.5) is 0 Å². The van der Waals surface area contributed by atoms with E-state index in [0.717, 1.165) is 5.75 Å². The number of hydrogen-bond acceptors (Lipinski definition) is 3. The Bertz CT molecular complexity index is 442. The first-order valence-electron chi connectivity index (χ1n) is 7.73. The fraction of sp³-hybridized carbons (Fsp3) is 0.647. The average molecular weight is 275 g/mol. The van der Waals surface area contributed by atoms with Crippen molar-refractivity contribution in [3.8, 4) is 5.75 Å². The van der Waals surface area contributed by atoms with Crippen LogP contribution >= 0.6 is 0 Å². The second-order valence-electron chi connectivity index (χ2n) is 6.09. The summed E-state index contributed by atoms with van der Waals surface area (Å²) >= 11 is 0. The molecule has 110 valence electrons. The lowest BCUT2D eigenvalue weighted by atomic mass is 9.75. The maximum Gasteiger partial charge on any atom is 0.122 e. The predicted octanol–water partition coefficient (Wildman–Crippen LogP) is 3.10. The van der Waals surface area contributed by atoms with Crippen molar-refractivity contribution in [3.63, 3.8) is 0 Å². The highest BCUT2D eigenvalue weighted by atomic mass is 16.5. The number of rotatable bonds is 5. The third-order valence-corrected chi connectivity index (χ3v) is 4.92. The van der Waals surface area contributed by atoms with Crippen molar-refractivity contribution in [3.05, 3.63) is 29.8 Å². The maximum atomic E-state index is 5.56. The zero-order valence-corrected chi connectivity index (χ0v) is 12.5. The van der Waals surface area contributed by atoms with Gasteiger partial charge in [0.25, 0.3) is 0 Å². The normalized spacial score (nSPS) is 32.9. The minimum Gasteiger partial charge on any atom is -0.496 e. The van der Waals surface area contributed by atoms with Gasteiger partial charge in [-0.3, -0.25) is 0 Å². The van der Waals surface area contributed by atoms with Crippen LogP contribution in [0.1, 0.15) is 43.6 Å². The van der Waals surface area contributed by atoms with Crippen molar-refractivity contribution >= 4 is 0 Å². The van der Waals surface area contributed by atoms with Gasteiger partial charge in [0.15, 0.2) is 0 Å². The number of nitrogens with one attached hydrogen (secondary N) is 1. The molecule has 0 aliphatic heterocycles. The molecule has 0 heterocycles. The summed E-state index contributed by atoms with van der Waals surface area (Å²) < 4.78 is 11.0. The van der Waals surface area contributed by atoms with Gasteiger partial charge in [-0.2, -0.15) is 0 Å². The molecule has 3 nitrogen and oxygen atoms in total. The van der Waals surface area contributed by atoms with Gasteiger partial charge >= 0.3 is 0 Å². The third-order valence-electron chi connectivity index (χ3n) is 4.92. The van der Waals surface area contributed by atoms with Crippen LogP contribution in [-0.2, 0) is 4.74 Å². The van der Waals surface area contributed by atoms with E-state index in [9.17, 15) is 0 Å². The Labute approximate surface area is 121 Å². The molecule has 0 radical (unpaired) electrons. The summed E-state index contributed by atoms with van der Waals surface area (Å²) in [6, 6.07) is 9.62. The van der Waals surface area contributed by atoms with Gasteiger partial charge in [0.1, 0.15) is 5.75 Å². The van der Waals surface area contributed by atoms with Crippen LogP contribution in [-0.4, -0.2) is 32.4 Å². The first kappa shape index (κ1) is 13.9. The molecule has 3 heteroatoms. The standard InChI is InChI=1S/C17H25NO2/c1-19-16-8-4-3-6-14(16)12-10-13(11-12)18-15-7-5-9-17(15)20-2/h3-4,6,8,12-13,15,17-18H,5,7,9-11H2,1-2H3. The molecule has 2 atom stereocenters. The molecule has 1 aromatic carbocycles. The lowest BCUT2D eigenvalue weighted by Crippen LogP contribution is -2.48. The first-order chi connectivity index (χ1) is 9.81. The average Bonchev–Trinajstić information content (AvgIpc) is 2.89. The Balaban J connectivity index is 1.53. The highest BCUT2D eigenvalue weighted by molar-refractivity contribution is 5.37. The smallest absolute Gasteiger partial charge is 0.122 e. The first-order valence-corrected chi connectivity index (χ1v) is 7.73. The van der Waals surface area contributed by atoms with Crippen LogP contribution in [0.5, 0.6) is 5.75 Å². The summed E-state index contributed by atoms with van der Waals surface area (Å²) in [5, 5.41) is 3.79. The van der Waals surface area contributed by atoms with Crippen LogP contribution in [0.25, 0.3) is 0 Å². The highest BCUT2D eigenvalue weighted by Crippen LogP contribution is 2.41. The molecule has 0 aromatic heterocycles. The van der Waals surface area contributed by atoms with Gasteiger partial charge < -0.3 is 14.8 Å². The van der Waals surface area contributed by atoms with E-state index in [4.69, 9.17) is 9.47 Å². The molecule has 2 fully saturated rings. The molecule has 1 aromatic rings. The fourth-order valence-electron chi connectivity index (χ4n) is 3.71. The van der Waals surface area contributed by atoms with E-state index >= 15 is 0 Å². The predicted molar refractivity (Wildman–Crippen MR) is 80.3 cm³/mol. The number of hydrogen-bond donors (Lipinski definition) is 1. The quantitative estimate of drug-likeness (QED) is 0.895. The third kappa shape index (κ3) is 2.70. The van der Waals surface area contributed by atoms with E-state index in [1.165, 1.54) is 37.7 Å². The number of methoxy groups -OCH3 is 2. The molecule has 3 rings (SSSR count). The lowest BCUT2D eigenvalue weighted by Gasteiger charge is -2.39. The molecule has 2 aliphatic rings. The second-order valence-corrected chi connectivity index (χ2v) is 6.09. The van der Waals surface area contributed by atoms with Gasteiger partial charge in [-0.15, -0.1) is 0 Å². The van der Waals surface area contributed by atoms with Gasteiger partial charge in [-0.25, -0.2) is 0 Å². The molecule has 0 spiro atoms. The molecular weight excluding hydrogens is 250 g/mol. The van der Waals surface area contributed by atoms with E-state index in [-0.39, 0.29) is 0 Å². The van der Waals surface area contributed by atoms with E-state index in [1.54, 1.807) is 7.11 Å².